The van der Waals surface area contributed by atoms with Crippen LogP contribution in [0.5, 0.6) is 0 Å². The van der Waals surface area contributed by atoms with Gasteiger partial charge in [0.15, 0.2) is 0 Å². The van der Waals surface area contributed by atoms with Crippen LogP contribution >= 0.6 is 0 Å². The predicted molar refractivity (Wildman–Crippen MR) is 76.4 cm³/mol. The van der Waals surface area contributed by atoms with E-state index in [0.717, 1.165) is 30.4 Å². The Morgan fingerprint density at radius 2 is 2.25 bits per heavy atom. The van der Waals surface area contributed by atoms with Gasteiger partial charge in [0.05, 0.1) is 12.2 Å². The Morgan fingerprint density at radius 3 is 3.05 bits per heavy atom. The van der Waals surface area contributed by atoms with Crippen molar-refractivity contribution < 1.29 is 14.3 Å². The van der Waals surface area contributed by atoms with E-state index in [1.807, 2.05) is 12.1 Å². The van der Waals surface area contributed by atoms with Crippen LogP contribution in [-0.2, 0) is 11.3 Å². The van der Waals surface area contributed by atoms with Crippen LogP contribution in [0, 0.1) is 5.92 Å². The molecule has 1 saturated heterocycles. The van der Waals surface area contributed by atoms with Crippen molar-refractivity contribution in [3.8, 4) is 0 Å². The number of rotatable bonds is 3. The highest BCUT2D eigenvalue weighted by Crippen LogP contribution is 2.25. The minimum absolute atomic E-state index is 0.233. The molecule has 1 aromatic heterocycles. The number of carboxylic acids is 1. The number of hydrogen-bond donors (Lipinski definition) is 1. The van der Waals surface area contributed by atoms with Gasteiger partial charge in [0.25, 0.3) is 0 Å². The Morgan fingerprint density at radius 1 is 1.40 bits per heavy atom. The second-order valence-electron chi connectivity index (χ2n) is 5.68. The first kappa shape index (κ1) is 13.2. The number of furan rings is 1. The summed E-state index contributed by atoms with van der Waals surface area (Å²) in [4.78, 5) is 13.4. The Balaban J connectivity index is 1.76. The number of piperidine rings is 1. The van der Waals surface area contributed by atoms with Crippen molar-refractivity contribution in [2.45, 2.75) is 32.4 Å². The third-order valence-corrected chi connectivity index (χ3v) is 4.26. The van der Waals surface area contributed by atoms with Crippen molar-refractivity contribution in [1.29, 1.82) is 0 Å². The van der Waals surface area contributed by atoms with E-state index in [1.165, 1.54) is 5.56 Å². The number of benzene rings is 1. The molecule has 1 fully saturated rings. The van der Waals surface area contributed by atoms with Crippen LogP contribution in [0.2, 0.25) is 0 Å². The number of aliphatic carboxylic acids is 1. The molecule has 106 valence electrons. The van der Waals surface area contributed by atoms with Gasteiger partial charge in [-0.05, 0) is 43.5 Å². The monoisotopic (exact) mass is 273 g/mol. The normalized spacial score (nSPS) is 24.1. The van der Waals surface area contributed by atoms with E-state index in [2.05, 4.69) is 24.0 Å². The van der Waals surface area contributed by atoms with Gasteiger partial charge in [-0.25, -0.2) is 0 Å². The van der Waals surface area contributed by atoms with E-state index in [-0.39, 0.29) is 5.92 Å². The largest absolute Gasteiger partial charge is 0.481 e. The second-order valence-corrected chi connectivity index (χ2v) is 5.68. The summed E-state index contributed by atoms with van der Waals surface area (Å²) in [5.74, 6) is -0.906. The van der Waals surface area contributed by atoms with E-state index in [0.29, 0.717) is 12.6 Å². The summed E-state index contributed by atoms with van der Waals surface area (Å²) in [6, 6.07) is 8.55. The van der Waals surface area contributed by atoms with Crippen LogP contribution in [-0.4, -0.2) is 28.6 Å². The van der Waals surface area contributed by atoms with Crippen LogP contribution < -0.4 is 0 Å². The van der Waals surface area contributed by atoms with E-state index >= 15 is 0 Å². The highest BCUT2D eigenvalue weighted by Gasteiger charge is 2.29. The Labute approximate surface area is 118 Å². The van der Waals surface area contributed by atoms with Crippen LogP contribution in [0.3, 0.4) is 0 Å². The smallest absolute Gasteiger partial charge is 0.307 e. The summed E-state index contributed by atoms with van der Waals surface area (Å²) >= 11 is 0. The number of fused-ring (bicyclic) bond motifs is 1. The Hall–Kier alpha value is -1.81. The number of carboxylic acid groups (broad SMARTS) is 1. The number of nitrogens with zero attached hydrogens (tertiary/aromatic N) is 1. The van der Waals surface area contributed by atoms with Gasteiger partial charge in [-0.15, -0.1) is 0 Å². The minimum Gasteiger partial charge on any atom is -0.481 e. The number of hydrogen-bond acceptors (Lipinski definition) is 3. The zero-order chi connectivity index (χ0) is 14.1. The zero-order valence-corrected chi connectivity index (χ0v) is 11.6. The molecule has 0 spiro atoms. The van der Waals surface area contributed by atoms with Gasteiger partial charge in [0.1, 0.15) is 5.58 Å². The summed E-state index contributed by atoms with van der Waals surface area (Å²) < 4.78 is 5.34. The Kier molecular flexibility index (Phi) is 3.49. The van der Waals surface area contributed by atoms with Gasteiger partial charge in [0.2, 0.25) is 0 Å². The number of carbonyl (C=O) groups is 1. The van der Waals surface area contributed by atoms with Crippen molar-refractivity contribution in [2.75, 3.05) is 6.54 Å². The summed E-state index contributed by atoms with van der Waals surface area (Å²) in [6.45, 7) is 3.61. The molecular weight excluding hydrogens is 254 g/mol. The zero-order valence-electron chi connectivity index (χ0n) is 11.6. The minimum atomic E-state index is -0.674. The third-order valence-electron chi connectivity index (χ3n) is 4.26. The molecule has 1 aliphatic heterocycles. The molecule has 0 radical (unpaired) electrons. The molecule has 1 N–H and O–H groups in total. The molecule has 0 amide bonds. The van der Waals surface area contributed by atoms with E-state index in [1.54, 1.807) is 6.26 Å². The van der Waals surface area contributed by atoms with Crippen molar-refractivity contribution in [1.82, 2.24) is 4.90 Å². The maximum Gasteiger partial charge on any atom is 0.307 e. The van der Waals surface area contributed by atoms with Gasteiger partial charge >= 0.3 is 5.97 Å². The lowest BCUT2D eigenvalue weighted by molar-refractivity contribution is -0.144. The van der Waals surface area contributed by atoms with E-state index in [9.17, 15) is 9.90 Å². The van der Waals surface area contributed by atoms with Crippen molar-refractivity contribution >= 4 is 16.9 Å². The Bertz CT molecular complexity index is 619. The molecule has 4 heteroatoms. The summed E-state index contributed by atoms with van der Waals surface area (Å²) in [6.07, 6.45) is 3.43. The summed E-state index contributed by atoms with van der Waals surface area (Å²) in [7, 11) is 0. The van der Waals surface area contributed by atoms with Crippen LogP contribution in [0.4, 0.5) is 0 Å². The van der Waals surface area contributed by atoms with Crippen LogP contribution in [0.15, 0.2) is 34.9 Å². The first-order valence-corrected chi connectivity index (χ1v) is 7.06. The quantitative estimate of drug-likeness (QED) is 0.933. The molecule has 4 nitrogen and oxygen atoms in total. The molecular formula is C16H19NO3. The molecule has 1 aliphatic rings. The van der Waals surface area contributed by atoms with Crippen molar-refractivity contribution in [3.05, 3.63) is 36.1 Å². The molecule has 20 heavy (non-hydrogen) atoms. The average molecular weight is 273 g/mol. The summed E-state index contributed by atoms with van der Waals surface area (Å²) in [5.41, 5.74) is 2.10. The first-order valence-electron chi connectivity index (χ1n) is 7.06. The molecule has 3 rings (SSSR count). The topological polar surface area (TPSA) is 53.7 Å². The molecule has 1 aromatic carbocycles. The van der Waals surface area contributed by atoms with Crippen molar-refractivity contribution in [3.63, 3.8) is 0 Å². The standard InChI is InChI=1S/C16H19NO3/c1-11-2-4-14(16(18)19)10-17(11)9-12-3-5-15-13(8-12)6-7-20-15/h3,5-8,11,14H,2,4,9-10H2,1H3,(H,18,19). The maximum atomic E-state index is 11.2. The van der Waals surface area contributed by atoms with Gasteiger partial charge in [-0.2, -0.15) is 0 Å². The molecule has 2 atom stereocenters. The first-order chi connectivity index (χ1) is 9.63. The second kappa shape index (κ2) is 5.29. The lowest BCUT2D eigenvalue weighted by Gasteiger charge is -2.36. The van der Waals surface area contributed by atoms with Gasteiger partial charge in [-0.3, -0.25) is 9.69 Å². The third kappa shape index (κ3) is 2.56. The van der Waals surface area contributed by atoms with Gasteiger partial charge in [0, 0.05) is 24.5 Å². The maximum absolute atomic E-state index is 11.2. The lowest BCUT2D eigenvalue weighted by atomic mass is 9.93. The van der Waals surface area contributed by atoms with Gasteiger partial charge < -0.3 is 9.52 Å². The summed E-state index contributed by atoms with van der Waals surface area (Å²) in [5, 5.41) is 10.3. The van der Waals surface area contributed by atoms with Crippen LogP contribution in [0.1, 0.15) is 25.3 Å². The fourth-order valence-corrected chi connectivity index (χ4v) is 2.95. The number of likely N-dealkylation sites (tertiary alicyclic amines) is 1. The highest BCUT2D eigenvalue weighted by molar-refractivity contribution is 5.77. The molecule has 0 saturated carbocycles. The fraction of sp³-hybridized carbons (Fsp3) is 0.438. The van der Waals surface area contributed by atoms with Gasteiger partial charge in [-0.1, -0.05) is 6.07 Å². The molecule has 2 heterocycles. The van der Waals surface area contributed by atoms with Crippen LogP contribution in [0.25, 0.3) is 11.0 Å². The average Bonchev–Trinajstić information content (AvgIpc) is 2.88. The van der Waals surface area contributed by atoms with E-state index in [4.69, 9.17) is 4.42 Å². The SMILES string of the molecule is CC1CCC(C(=O)O)CN1Cc1ccc2occc2c1. The van der Waals surface area contributed by atoms with E-state index < -0.39 is 5.97 Å². The van der Waals surface area contributed by atoms with Crippen molar-refractivity contribution in [2.24, 2.45) is 5.92 Å². The lowest BCUT2D eigenvalue weighted by Crippen LogP contribution is -2.43. The molecule has 2 unspecified atom stereocenters. The molecule has 0 aliphatic carbocycles. The predicted octanol–water partition coefficient (Wildman–Crippen LogP) is 3.12. The molecule has 0 bridgehead atoms. The molecule has 2 aromatic rings. The fourth-order valence-electron chi connectivity index (χ4n) is 2.95. The highest BCUT2D eigenvalue weighted by atomic mass is 16.4.